The number of nitrogens with zero attached hydrogens (tertiary/aromatic N) is 6. The maximum Gasteiger partial charge on any atom is 0.162 e. The monoisotopic (exact) mass is 329 g/mol. The number of rotatable bonds is 2. The Kier molecular flexibility index (Phi) is 2.73. The molecule has 4 aromatic heterocycles. The molecule has 0 atom stereocenters. The number of nitrogen functional groups attached to an aromatic ring is 1. The van der Waals surface area contributed by atoms with Crippen molar-refractivity contribution < 1.29 is 0 Å². The van der Waals surface area contributed by atoms with Crippen molar-refractivity contribution in [2.24, 2.45) is 7.05 Å². The third-order valence-corrected chi connectivity index (χ3v) is 4.38. The molecule has 2 N–H and O–H groups in total. The van der Waals surface area contributed by atoms with Crippen LogP contribution in [0.5, 0.6) is 0 Å². The van der Waals surface area contributed by atoms with Crippen LogP contribution in [-0.2, 0) is 7.05 Å². The van der Waals surface area contributed by atoms with Crippen LogP contribution in [0.2, 0.25) is 0 Å². The van der Waals surface area contributed by atoms with Crippen LogP contribution in [0.25, 0.3) is 33.5 Å². The van der Waals surface area contributed by atoms with Gasteiger partial charge in [-0.3, -0.25) is 0 Å². The van der Waals surface area contributed by atoms with Crippen LogP contribution >= 0.6 is 0 Å². The van der Waals surface area contributed by atoms with Crippen molar-refractivity contribution in [3.63, 3.8) is 0 Å². The average Bonchev–Trinajstić information content (AvgIpc) is 3.34. The molecule has 5 rings (SSSR count). The Bertz CT molecular complexity index is 1220. The molecule has 0 aliphatic carbocycles. The number of aryl methyl sites for hydroxylation is 1. The predicted molar refractivity (Wildman–Crippen MR) is 96.4 cm³/mol. The molecular formula is C18H15N7. The smallest absolute Gasteiger partial charge is 0.162 e. The molecule has 25 heavy (non-hydrogen) atoms. The van der Waals surface area contributed by atoms with Gasteiger partial charge in [-0.05, 0) is 23.8 Å². The molecule has 0 unspecified atom stereocenters. The quantitative estimate of drug-likeness (QED) is 0.540. The highest BCUT2D eigenvalue weighted by Gasteiger charge is 2.11. The number of benzene rings is 1. The van der Waals surface area contributed by atoms with E-state index in [0.717, 1.165) is 33.5 Å². The van der Waals surface area contributed by atoms with Crippen LogP contribution in [-0.4, -0.2) is 28.7 Å². The van der Waals surface area contributed by atoms with E-state index in [4.69, 9.17) is 5.73 Å². The molecule has 0 saturated heterocycles. The van der Waals surface area contributed by atoms with Crippen molar-refractivity contribution in [3.05, 3.63) is 61.4 Å². The van der Waals surface area contributed by atoms with Crippen molar-refractivity contribution >= 4 is 22.5 Å². The Morgan fingerprint density at radius 1 is 1.00 bits per heavy atom. The zero-order chi connectivity index (χ0) is 17.0. The number of hydrogen-bond acceptors (Lipinski definition) is 4. The van der Waals surface area contributed by atoms with E-state index in [0.29, 0.717) is 5.82 Å². The van der Waals surface area contributed by atoms with Gasteiger partial charge in [0.2, 0.25) is 0 Å². The number of fused-ring (bicyclic) bond motifs is 2. The second-order valence-corrected chi connectivity index (χ2v) is 6.02. The number of hydrogen-bond donors (Lipinski definition) is 1. The van der Waals surface area contributed by atoms with Gasteiger partial charge in [0, 0.05) is 43.5 Å². The van der Waals surface area contributed by atoms with Crippen LogP contribution in [0.15, 0.2) is 61.4 Å². The highest BCUT2D eigenvalue weighted by molar-refractivity contribution is 5.83. The van der Waals surface area contributed by atoms with Crippen LogP contribution < -0.4 is 5.73 Å². The summed E-state index contributed by atoms with van der Waals surface area (Å²) >= 11 is 0. The van der Waals surface area contributed by atoms with Gasteiger partial charge in [0.25, 0.3) is 0 Å². The van der Waals surface area contributed by atoms with E-state index in [-0.39, 0.29) is 0 Å². The van der Waals surface area contributed by atoms with Crippen LogP contribution in [0.3, 0.4) is 0 Å². The van der Waals surface area contributed by atoms with Crippen molar-refractivity contribution in [3.8, 4) is 16.8 Å². The van der Waals surface area contributed by atoms with Gasteiger partial charge in [-0.25, -0.2) is 14.6 Å². The standard InChI is InChI=1S/C18H15N7/c1-23-11-21-14-3-2-12(8-15(14)23)13-9-16(25-6-4-17(19)22-25)18-20-5-7-24(18)10-13/h2-11H,1H3,(H2,19,22). The van der Waals surface area contributed by atoms with Crippen molar-refractivity contribution in [1.82, 2.24) is 28.7 Å². The van der Waals surface area contributed by atoms with E-state index in [1.807, 2.05) is 40.8 Å². The number of nitrogens with two attached hydrogens (primary N) is 1. The number of imidazole rings is 2. The molecule has 5 aromatic rings. The molecule has 122 valence electrons. The lowest BCUT2D eigenvalue weighted by molar-refractivity contribution is 0.883. The summed E-state index contributed by atoms with van der Waals surface area (Å²) in [7, 11) is 2.00. The van der Waals surface area contributed by atoms with Gasteiger partial charge >= 0.3 is 0 Å². The van der Waals surface area contributed by atoms with Gasteiger partial charge in [-0.15, -0.1) is 0 Å². The molecule has 0 fully saturated rings. The zero-order valence-corrected chi connectivity index (χ0v) is 13.5. The lowest BCUT2D eigenvalue weighted by atomic mass is 10.1. The van der Waals surface area contributed by atoms with Gasteiger partial charge in [-0.2, -0.15) is 5.10 Å². The van der Waals surface area contributed by atoms with Crippen molar-refractivity contribution in [1.29, 1.82) is 0 Å². The van der Waals surface area contributed by atoms with Gasteiger partial charge in [-0.1, -0.05) is 6.07 Å². The van der Waals surface area contributed by atoms with Crippen molar-refractivity contribution in [2.45, 2.75) is 0 Å². The summed E-state index contributed by atoms with van der Waals surface area (Å²) in [6.07, 6.45) is 9.44. The maximum absolute atomic E-state index is 5.78. The fourth-order valence-corrected chi connectivity index (χ4v) is 3.12. The SMILES string of the molecule is Cn1cnc2ccc(-c3cc(-n4ccc(N)n4)c4nccn4c3)cc21. The van der Waals surface area contributed by atoms with E-state index in [2.05, 4.69) is 39.5 Å². The van der Waals surface area contributed by atoms with Crippen LogP contribution in [0.1, 0.15) is 0 Å². The topological polar surface area (TPSA) is 79.0 Å². The molecule has 7 nitrogen and oxygen atoms in total. The Balaban J connectivity index is 1.76. The lowest BCUT2D eigenvalue weighted by Gasteiger charge is -2.09. The van der Waals surface area contributed by atoms with E-state index >= 15 is 0 Å². The van der Waals surface area contributed by atoms with Gasteiger partial charge < -0.3 is 14.7 Å². The molecule has 0 amide bonds. The Morgan fingerprint density at radius 3 is 2.76 bits per heavy atom. The minimum absolute atomic E-state index is 0.478. The first-order valence-corrected chi connectivity index (χ1v) is 7.89. The molecule has 0 radical (unpaired) electrons. The molecule has 0 saturated carbocycles. The van der Waals surface area contributed by atoms with E-state index in [1.54, 1.807) is 16.9 Å². The first-order valence-electron chi connectivity index (χ1n) is 7.89. The predicted octanol–water partition coefficient (Wildman–Crippen LogP) is 2.66. The Hall–Kier alpha value is -3.61. The highest BCUT2D eigenvalue weighted by atomic mass is 15.3. The van der Waals surface area contributed by atoms with E-state index < -0.39 is 0 Å². The Labute approximate surface area is 143 Å². The minimum Gasteiger partial charge on any atom is -0.382 e. The molecule has 0 spiro atoms. The fourth-order valence-electron chi connectivity index (χ4n) is 3.12. The third kappa shape index (κ3) is 2.09. The van der Waals surface area contributed by atoms with E-state index in [9.17, 15) is 0 Å². The molecule has 0 bridgehead atoms. The zero-order valence-electron chi connectivity index (χ0n) is 13.5. The third-order valence-electron chi connectivity index (χ3n) is 4.38. The molecule has 0 aliphatic heterocycles. The molecule has 4 heterocycles. The first-order chi connectivity index (χ1) is 12.2. The van der Waals surface area contributed by atoms with Gasteiger partial charge in [0.15, 0.2) is 5.65 Å². The summed E-state index contributed by atoms with van der Waals surface area (Å²) in [5.41, 5.74) is 11.7. The van der Waals surface area contributed by atoms with Crippen molar-refractivity contribution in [2.75, 3.05) is 5.73 Å². The molecule has 7 heteroatoms. The minimum atomic E-state index is 0.478. The highest BCUT2D eigenvalue weighted by Crippen LogP contribution is 2.27. The lowest BCUT2D eigenvalue weighted by Crippen LogP contribution is -2.01. The average molecular weight is 329 g/mol. The second kappa shape index (κ2) is 4.94. The number of aromatic nitrogens is 6. The summed E-state index contributed by atoms with van der Waals surface area (Å²) in [5, 5.41) is 4.33. The second-order valence-electron chi connectivity index (χ2n) is 6.02. The summed E-state index contributed by atoms with van der Waals surface area (Å²) < 4.78 is 5.77. The van der Waals surface area contributed by atoms with Crippen LogP contribution in [0.4, 0.5) is 5.82 Å². The normalized spacial score (nSPS) is 11.6. The van der Waals surface area contributed by atoms with Crippen LogP contribution in [0, 0.1) is 0 Å². The number of pyridine rings is 1. The molecule has 1 aromatic carbocycles. The Morgan fingerprint density at radius 2 is 1.92 bits per heavy atom. The van der Waals surface area contributed by atoms with Gasteiger partial charge in [0.05, 0.1) is 17.4 Å². The summed E-state index contributed by atoms with van der Waals surface area (Å²) in [6, 6.07) is 10.1. The summed E-state index contributed by atoms with van der Waals surface area (Å²) in [6.45, 7) is 0. The molecular weight excluding hydrogens is 314 g/mol. The largest absolute Gasteiger partial charge is 0.382 e. The molecule has 0 aliphatic rings. The number of anilines is 1. The fraction of sp³-hybridized carbons (Fsp3) is 0.0556. The maximum atomic E-state index is 5.78. The first kappa shape index (κ1) is 13.8. The van der Waals surface area contributed by atoms with Gasteiger partial charge in [0.1, 0.15) is 11.5 Å². The summed E-state index contributed by atoms with van der Waals surface area (Å²) in [5.74, 6) is 0.478. The summed E-state index contributed by atoms with van der Waals surface area (Å²) in [4.78, 5) is 8.82. The van der Waals surface area contributed by atoms with E-state index in [1.165, 1.54) is 0 Å².